The van der Waals surface area contributed by atoms with Gasteiger partial charge < -0.3 is 4.74 Å². The minimum absolute atomic E-state index is 0.126. The Morgan fingerprint density at radius 1 is 1.35 bits per heavy atom. The molecule has 0 amide bonds. The average Bonchev–Trinajstić information content (AvgIpc) is 2.26. The number of aryl methyl sites for hydroxylation is 1. The Hall–Kier alpha value is -1.64. The maximum absolute atomic E-state index is 12.1. The Morgan fingerprint density at radius 2 is 2.00 bits per heavy atom. The highest BCUT2D eigenvalue weighted by Crippen LogP contribution is 2.43. The minimum atomic E-state index is -0.724. The first-order chi connectivity index (χ1) is 8.10. The van der Waals surface area contributed by atoms with Gasteiger partial charge in [0.1, 0.15) is 11.2 Å². The number of carbonyl (C=O) groups is 2. The number of rotatable bonds is 3. The van der Waals surface area contributed by atoms with Crippen LogP contribution in [0.2, 0.25) is 0 Å². The molecule has 1 aliphatic carbocycles. The summed E-state index contributed by atoms with van der Waals surface area (Å²) >= 11 is 0. The average molecular weight is 232 g/mol. The number of ether oxygens (including phenoxy) is 1. The van der Waals surface area contributed by atoms with Crippen molar-refractivity contribution in [2.75, 3.05) is 6.61 Å². The summed E-state index contributed by atoms with van der Waals surface area (Å²) in [6.07, 6.45) is 0.549. The van der Waals surface area contributed by atoms with Crippen molar-refractivity contribution in [1.29, 1.82) is 0 Å². The van der Waals surface area contributed by atoms with E-state index in [1.807, 2.05) is 31.2 Å². The van der Waals surface area contributed by atoms with E-state index in [0.717, 1.165) is 11.1 Å². The lowest BCUT2D eigenvalue weighted by atomic mass is 9.62. The number of ketones is 1. The number of hydrogen-bond donors (Lipinski definition) is 0. The van der Waals surface area contributed by atoms with E-state index < -0.39 is 5.41 Å². The van der Waals surface area contributed by atoms with Crippen LogP contribution in [0.5, 0.6) is 0 Å². The summed E-state index contributed by atoms with van der Waals surface area (Å²) in [6.45, 7) is 4.09. The van der Waals surface area contributed by atoms with Crippen molar-refractivity contribution in [2.45, 2.75) is 32.1 Å². The van der Waals surface area contributed by atoms with E-state index in [1.54, 1.807) is 6.92 Å². The van der Waals surface area contributed by atoms with Crippen molar-refractivity contribution >= 4 is 11.8 Å². The third-order valence-electron chi connectivity index (χ3n) is 3.32. The van der Waals surface area contributed by atoms with Gasteiger partial charge in [0, 0.05) is 12.8 Å². The number of hydrogen-bond acceptors (Lipinski definition) is 3. The molecule has 0 atom stereocenters. The van der Waals surface area contributed by atoms with Crippen LogP contribution in [-0.2, 0) is 19.7 Å². The second kappa shape index (κ2) is 4.32. The van der Waals surface area contributed by atoms with Gasteiger partial charge in [0.05, 0.1) is 6.61 Å². The lowest BCUT2D eigenvalue weighted by Crippen LogP contribution is -2.49. The van der Waals surface area contributed by atoms with Crippen molar-refractivity contribution in [3.8, 4) is 0 Å². The van der Waals surface area contributed by atoms with Crippen LogP contribution < -0.4 is 0 Å². The molecule has 0 radical (unpaired) electrons. The molecular weight excluding hydrogens is 216 g/mol. The number of carbonyl (C=O) groups excluding carboxylic acids is 2. The highest BCUT2D eigenvalue weighted by Gasteiger charge is 2.52. The maximum Gasteiger partial charge on any atom is 0.317 e. The molecule has 0 bridgehead atoms. The molecule has 1 fully saturated rings. The molecule has 0 aromatic heterocycles. The number of esters is 1. The predicted octanol–water partition coefficient (Wildman–Crippen LogP) is 2.16. The molecule has 1 aromatic rings. The molecule has 0 unspecified atom stereocenters. The molecule has 3 heteroatoms. The third-order valence-corrected chi connectivity index (χ3v) is 3.32. The molecule has 0 heterocycles. The minimum Gasteiger partial charge on any atom is -0.465 e. The van der Waals surface area contributed by atoms with Crippen LogP contribution in [0.3, 0.4) is 0 Å². The summed E-state index contributed by atoms with van der Waals surface area (Å²) in [5.41, 5.74) is 1.24. The molecule has 0 saturated heterocycles. The number of Topliss-reactive ketones (excluding diaryl/α,β-unsaturated/α-hetero) is 1. The fourth-order valence-electron chi connectivity index (χ4n) is 2.45. The molecule has 90 valence electrons. The van der Waals surface area contributed by atoms with E-state index >= 15 is 0 Å². The van der Waals surface area contributed by atoms with Gasteiger partial charge in [-0.15, -0.1) is 0 Å². The van der Waals surface area contributed by atoms with Crippen LogP contribution >= 0.6 is 0 Å². The van der Waals surface area contributed by atoms with Gasteiger partial charge in [-0.25, -0.2) is 0 Å². The highest BCUT2D eigenvalue weighted by molar-refractivity contribution is 6.02. The Morgan fingerprint density at radius 3 is 2.53 bits per heavy atom. The van der Waals surface area contributed by atoms with Gasteiger partial charge in [-0.3, -0.25) is 9.59 Å². The quantitative estimate of drug-likeness (QED) is 0.750. The standard InChI is InChI=1S/C14H16O3/c1-3-17-13(16)14(8-11(15)9-14)12-7-5-4-6-10(12)2/h4-7H,3,8-9H2,1-2H3. The van der Waals surface area contributed by atoms with Gasteiger partial charge in [-0.05, 0) is 25.0 Å². The first-order valence-corrected chi connectivity index (χ1v) is 5.85. The molecule has 1 saturated carbocycles. The van der Waals surface area contributed by atoms with E-state index in [2.05, 4.69) is 0 Å². The molecule has 3 nitrogen and oxygen atoms in total. The lowest BCUT2D eigenvalue weighted by molar-refractivity contribution is -0.158. The molecule has 2 rings (SSSR count). The normalized spacial score (nSPS) is 17.4. The predicted molar refractivity (Wildman–Crippen MR) is 63.7 cm³/mol. The first-order valence-electron chi connectivity index (χ1n) is 5.85. The Kier molecular flexibility index (Phi) is 3.01. The first kappa shape index (κ1) is 11.8. The van der Waals surface area contributed by atoms with E-state index in [9.17, 15) is 9.59 Å². The smallest absolute Gasteiger partial charge is 0.317 e. The summed E-state index contributed by atoms with van der Waals surface area (Å²) < 4.78 is 5.12. The summed E-state index contributed by atoms with van der Waals surface area (Å²) in [7, 11) is 0. The van der Waals surface area contributed by atoms with Crippen molar-refractivity contribution < 1.29 is 14.3 Å². The van der Waals surface area contributed by atoms with E-state index in [1.165, 1.54) is 0 Å². The fraction of sp³-hybridized carbons (Fsp3) is 0.429. The van der Waals surface area contributed by atoms with Crippen molar-refractivity contribution in [3.05, 3.63) is 35.4 Å². The van der Waals surface area contributed by atoms with Gasteiger partial charge in [0.2, 0.25) is 0 Å². The summed E-state index contributed by atoms with van der Waals surface area (Å²) in [5.74, 6) is -0.143. The van der Waals surface area contributed by atoms with Crippen molar-refractivity contribution in [1.82, 2.24) is 0 Å². The largest absolute Gasteiger partial charge is 0.465 e. The molecule has 0 aliphatic heterocycles. The van der Waals surface area contributed by atoms with Gasteiger partial charge in [0.25, 0.3) is 0 Å². The van der Waals surface area contributed by atoms with E-state index in [0.29, 0.717) is 6.61 Å². The second-order valence-electron chi connectivity index (χ2n) is 4.51. The third kappa shape index (κ3) is 1.86. The number of benzene rings is 1. The molecule has 17 heavy (non-hydrogen) atoms. The van der Waals surface area contributed by atoms with Crippen LogP contribution in [-0.4, -0.2) is 18.4 Å². The van der Waals surface area contributed by atoms with Crippen LogP contribution in [0, 0.1) is 6.92 Å². The molecule has 0 spiro atoms. The highest BCUT2D eigenvalue weighted by atomic mass is 16.5. The molecule has 1 aromatic carbocycles. The van der Waals surface area contributed by atoms with Gasteiger partial charge >= 0.3 is 5.97 Å². The Labute approximate surface area is 101 Å². The Balaban J connectivity index is 2.39. The van der Waals surface area contributed by atoms with E-state index in [-0.39, 0.29) is 24.6 Å². The van der Waals surface area contributed by atoms with Crippen molar-refractivity contribution in [2.24, 2.45) is 0 Å². The van der Waals surface area contributed by atoms with Gasteiger partial charge in [-0.2, -0.15) is 0 Å². The van der Waals surface area contributed by atoms with E-state index in [4.69, 9.17) is 4.74 Å². The molecule has 0 N–H and O–H groups in total. The molecule has 1 aliphatic rings. The zero-order valence-electron chi connectivity index (χ0n) is 10.2. The lowest BCUT2D eigenvalue weighted by Gasteiger charge is -2.39. The van der Waals surface area contributed by atoms with Crippen molar-refractivity contribution in [3.63, 3.8) is 0 Å². The Bertz CT molecular complexity index is 454. The zero-order chi connectivity index (χ0) is 12.5. The van der Waals surface area contributed by atoms with Crippen LogP contribution in [0.25, 0.3) is 0 Å². The molecular formula is C14H16O3. The fourth-order valence-corrected chi connectivity index (χ4v) is 2.45. The van der Waals surface area contributed by atoms with Crippen LogP contribution in [0.4, 0.5) is 0 Å². The zero-order valence-corrected chi connectivity index (χ0v) is 10.2. The summed E-state index contributed by atoms with van der Waals surface area (Å²) in [4.78, 5) is 23.4. The summed E-state index contributed by atoms with van der Waals surface area (Å²) in [6, 6.07) is 7.70. The van der Waals surface area contributed by atoms with Crippen LogP contribution in [0.15, 0.2) is 24.3 Å². The topological polar surface area (TPSA) is 43.4 Å². The van der Waals surface area contributed by atoms with Gasteiger partial charge in [-0.1, -0.05) is 24.3 Å². The summed E-state index contributed by atoms with van der Waals surface area (Å²) in [5, 5.41) is 0. The SMILES string of the molecule is CCOC(=O)C1(c2ccccc2C)CC(=O)C1. The van der Waals surface area contributed by atoms with Crippen LogP contribution in [0.1, 0.15) is 30.9 Å². The maximum atomic E-state index is 12.1. The second-order valence-corrected chi connectivity index (χ2v) is 4.51. The monoisotopic (exact) mass is 232 g/mol. The van der Waals surface area contributed by atoms with Gasteiger partial charge in [0.15, 0.2) is 0 Å².